The molecule has 3 aromatic carbocycles. The Balaban J connectivity index is 1.68. The van der Waals surface area contributed by atoms with Crippen LogP contribution in [-0.4, -0.2) is 29.1 Å². The smallest absolute Gasteiger partial charge is 0.317 e. The Morgan fingerprint density at radius 2 is 1.68 bits per heavy atom. The van der Waals surface area contributed by atoms with Gasteiger partial charge < -0.3 is 5.11 Å². The zero-order chi connectivity index (χ0) is 19.5. The van der Waals surface area contributed by atoms with Crippen LogP contribution in [-0.2, 0) is 17.8 Å². The average molecular weight is 371 g/mol. The van der Waals surface area contributed by atoms with E-state index in [1.807, 2.05) is 11.0 Å². The van der Waals surface area contributed by atoms with Gasteiger partial charge in [-0.2, -0.15) is 0 Å². The van der Waals surface area contributed by atoms with Crippen molar-refractivity contribution in [3.05, 3.63) is 83.4 Å². The van der Waals surface area contributed by atoms with Gasteiger partial charge in [0.2, 0.25) is 0 Å². The highest BCUT2D eigenvalue weighted by molar-refractivity contribution is 5.78. The summed E-state index contributed by atoms with van der Waals surface area (Å²) in [7, 11) is 0. The zero-order valence-electron chi connectivity index (χ0n) is 16.2. The van der Waals surface area contributed by atoms with Crippen LogP contribution < -0.4 is 0 Å². The molecule has 0 amide bonds. The molecule has 3 nitrogen and oxygen atoms in total. The van der Waals surface area contributed by atoms with Crippen LogP contribution in [0.5, 0.6) is 0 Å². The number of carbonyl (C=O) groups is 1. The molecule has 0 aromatic heterocycles. The average Bonchev–Trinajstić information content (AvgIpc) is 2.89. The summed E-state index contributed by atoms with van der Waals surface area (Å²) in [5.41, 5.74) is 8.88. The molecule has 0 bridgehead atoms. The first kappa shape index (κ1) is 18.5. The summed E-state index contributed by atoms with van der Waals surface area (Å²) in [5, 5.41) is 9.11. The van der Waals surface area contributed by atoms with E-state index in [0.717, 1.165) is 19.4 Å². The van der Waals surface area contributed by atoms with E-state index in [4.69, 9.17) is 5.11 Å². The summed E-state index contributed by atoms with van der Waals surface area (Å²) < 4.78 is 0. The number of hydrogen-bond donors (Lipinski definition) is 1. The third-order valence-corrected chi connectivity index (χ3v) is 5.61. The molecule has 1 heterocycles. The van der Waals surface area contributed by atoms with Crippen molar-refractivity contribution in [1.82, 2.24) is 4.90 Å². The van der Waals surface area contributed by atoms with E-state index in [-0.39, 0.29) is 6.54 Å². The molecule has 1 aliphatic heterocycles. The molecule has 3 aromatic rings. The van der Waals surface area contributed by atoms with Gasteiger partial charge in [0.1, 0.15) is 0 Å². The topological polar surface area (TPSA) is 40.5 Å². The maximum atomic E-state index is 11.1. The molecular formula is C25H25NO2. The van der Waals surface area contributed by atoms with Gasteiger partial charge in [0.25, 0.3) is 0 Å². The largest absolute Gasteiger partial charge is 0.480 e. The van der Waals surface area contributed by atoms with Gasteiger partial charge in [-0.05, 0) is 65.3 Å². The fourth-order valence-electron chi connectivity index (χ4n) is 4.20. The lowest BCUT2D eigenvalue weighted by atomic mass is 9.91. The summed E-state index contributed by atoms with van der Waals surface area (Å²) in [6, 6.07) is 23.7. The number of carboxylic acids is 1. The van der Waals surface area contributed by atoms with Gasteiger partial charge in [0, 0.05) is 6.54 Å². The predicted molar refractivity (Wildman–Crippen MR) is 113 cm³/mol. The van der Waals surface area contributed by atoms with Gasteiger partial charge in [-0.25, -0.2) is 0 Å². The Labute approximate surface area is 166 Å². The molecule has 0 unspecified atom stereocenters. The van der Waals surface area contributed by atoms with Crippen LogP contribution in [0.2, 0.25) is 0 Å². The quantitative estimate of drug-likeness (QED) is 0.688. The highest BCUT2D eigenvalue weighted by Gasteiger charge is 2.17. The van der Waals surface area contributed by atoms with Crippen LogP contribution >= 0.6 is 0 Å². The predicted octanol–water partition coefficient (Wildman–Crippen LogP) is 5.16. The zero-order valence-corrected chi connectivity index (χ0v) is 16.2. The standard InChI is InChI=1S/C25H25NO2/c1-18-23(19-7-3-2-4-8-19)10-5-11-24(18)21-12-13-22-16-26(17-25(27)28)14-6-9-20(22)15-21/h2-5,7-8,10-13,15H,6,9,14,16-17H2,1H3,(H,27,28). The third-order valence-electron chi connectivity index (χ3n) is 5.61. The van der Waals surface area contributed by atoms with Crippen molar-refractivity contribution in [2.45, 2.75) is 26.3 Å². The molecule has 1 N–H and O–H groups in total. The maximum absolute atomic E-state index is 11.1. The van der Waals surface area contributed by atoms with Crippen molar-refractivity contribution in [2.24, 2.45) is 0 Å². The molecule has 0 fully saturated rings. The first-order valence-corrected chi connectivity index (χ1v) is 9.83. The summed E-state index contributed by atoms with van der Waals surface area (Å²) in [4.78, 5) is 13.1. The Morgan fingerprint density at radius 1 is 0.929 bits per heavy atom. The van der Waals surface area contributed by atoms with E-state index in [1.54, 1.807) is 0 Å². The Kier molecular flexibility index (Phi) is 5.27. The molecule has 0 saturated carbocycles. The highest BCUT2D eigenvalue weighted by atomic mass is 16.4. The summed E-state index contributed by atoms with van der Waals surface area (Å²) in [6.45, 7) is 3.85. The Hall–Kier alpha value is -2.91. The summed E-state index contributed by atoms with van der Waals surface area (Å²) in [5.74, 6) is -0.756. The van der Waals surface area contributed by atoms with E-state index >= 15 is 0 Å². The van der Waals surface area contributed by atoms with Gasteiger partial charge in [0.15, 0.2) is 0 Å². The molecule has 0 radical (unpaired) electrons. The number of fused-ring (bicyclic) bond motifs is 1. The number of rotatable bonds is 4. The minimum absolute atomic E-state index is 0.111. The molecule has 3 heteroatoms. The van der Waals surface area contributed by atoms with Crippen molar-refractivity contribution in [2.75, 3.05) is 13.1 Å². The van der Waals surface area contributed by atoms with Gasteiger partial charge in [-0.1, -0.05) is 66.7 Å². The molecule has 0 atom stereocenters. The number of nitrogens with zero attached hydrogens (tertiary/aromatic N) is 1. The van der Waals surface area contributed by atoms with E-state index < -0.39 is 5.97 Å². The first-order chi connectivity index (χ1) is 13.6. The van der Waals surface area contributed by atoms with Crippen LogP contribution in [0, 0.1) is 6.92 Å². The molecule has 0 aliphatic carbocycles. The molecule has 1 aliphatic rings. The first-order valence-electron chi connectivity index (χ1n) is 9.83. The lowest BCUT2D eigenvalue weighted by molar-refractivity contribution is -0.138. The monoisotopic (exact) mass is 371 g/mol. The van der Waals surface area contributed by atoms with Crippen LogP contribution in [0.25, 0.3) is 22.3 Å². The minimum atomic E-state index is -0.756. The second-order valence-electron chi connectivity index (χ2n) is 7.54. The number of aliphatic carboxylic acids is 1. The fraction of sp³-hybridized carbons (Fsp3) is 0.240. The van der Waals surface area contributed by atoms with Crippen molar-refractivity contribution >= 4 is 5.97 Å². The van der Waals surface area contributed by atoms with Gasteiger partial charge in [-0.15, -0.1) is 0 Å². The lowest BCUT2D eigenvalue weighted by Gasteiger charge is -2.18. The molecule has 28 heavy (non-hydrogen) atoms. The normalized spacial score (nSPS) is 14.3. The SMILES string of the molecule is Cc1c(-c2ccccc2)cccc1-c1ccc2c(c1)CCCN(CC(=O)O)C2. The van der Waals surface area contributed by atoms with Crippen molar-refractivity contribution < 1.29 is 9.90 Å². The van der Waals surface area contributed by atoms with E-state index in [9.17, 15) is 4.79 Å². The van der Waals surface area contributed by atoms with Crippen LogP contribution in [0.4, 0.5) is 0 Å². The Bertz CT molecular complexity index is 995. The second kappa shape index (κ2) is 7.99. The maximum Gasteiger partial charge on any atom is 0.317 e. The molecule has 142 valence electrons. The van der Waals surface area contributed by atoms with Gasteiger partial charge in [0.05, 0.1) is 6.54 Å². The fourth-order valence-corrected chi connectivity index (χ4v) is 4.20. The van der Waals surface area contributed by atoms with Gasteiger partial charge >= 0.3 is 5.97 Å². The highest BCUT2D eigenvalue weighted by Crippen LogP contribution is 2.33. The van der Waals surface area contributed by atoms with E-state index in [0.29, 0.717) is 6.54 Å². The van der Waals surface area contributed by atoms with Crippen LogP contribution in [0.3, 0.4) is 0 Å². The molecule has 0 spiro atoms. The van der Waals surface area contributed by atoms with Crippen LogP contribution in [0.1, 0.15) is 23.1 Å². The van der Waals surface area contributed by atoms with E-state index in [2.05, 4.69) is 67.6 Å². The minimum Gasteiger partial charge on any atom is -0.480 e. The van der Waals surface area contributed by atoms with Crippen molar-refractivity contribution in [1.29, 1.82) is 0 Å². The number of carboxylic acid groups (broad SMARTS) is 1. The van der Waals surface area contributed by atoms with Crippen molar-refractivity contribution in [3.8, 4) is 22.3 Å². The number of hydrogen-bond acceptors (Lipinski definition) is 2. The molecule has 4 rings (SSSR count). The second-order valence-corrected chi connectivity index (χ2v) is 7.54. The third kappa shape index (κ3) is 3.85. The number of aryl methyl sites for hydroxylation is 1. The molecule has 0 saturated heterocycles. The Morgan fingerprint density at radius 3 is 2.43 bits per heavy atom. The lowest BCUT2D eigenvalue weighted by Crippen LogP contribution is -2.29. The van der Waals surface area contributed by atoms with Gasteiger partial charge in [-0.3, -0.25) is 9.69 Å². The number of benzene rings is 3. The summed E-state index contributed by atoms with van der Waals surface area (Å²) >= 11 is 0. The molecular weight excluding hydrogens is 346 g/mol. The van der Waals surface area contributed by atoms with E-state index in [1.165, 1.54) is 38.9 Å². The van der Waals surface area contributed by atoms with Crippen LogP contribution in [0.15, 0.2) is 66.7 Å². The summed E-state index contributed by atoms with van der Waals surface area (Å²) in [6.07, 6.45) is 1.99. The van der Waals surface area contributed by atoms with Crippen molar-refractivity contribution in [3.63, 3.8) is 0 Å².